The Hall–Kier alpha value is -1.82. The van der Waals surface area contributed by atoms with Gasteiger partial charge in [-0.05, 0) is 12.5 Å². The van der Waals surface area contributed by atoms with Crippen LogP contribution in [0.25, 0.3) is 0 Å². The Kier molecular flexibility index (Phi) is 7.11. The fourth-order valence-electron chi connectivity index (χ4n) is 2.24. The van der Waals surface area contributed by atoms with Crippen LogP contribution in [-0.2, 0) is 14.4 Å². The van der Waals surface area contributed by atoms with Crippen molar-refractivity contribution in [2.24, 2.45) is 11.1 Å². The van der Waals surface area contributed by atoms with Crippen molar-refractivity contribution in [3.05, 3.63) is 22.9 Å². The SMILES string of the molecule is CCC(=NOCC=CCl)C1=C(O)CC(C(=O)N(C)C)CC1=O. The summed E-state index contributed by atoms with van der Waals surface area (Å²) in [5, 5.41) is 14.0. The van der Waals surface area contributed by atoms with E-state index in [1.165, 1.54) is 10.4 Å². The zero-order valence-corrected chi connectivity index (χ0v) is 13.8. The molecule has 122 valence electrons. The average molecular weight is 329 g/mol. The van der Waals surface area contributed by atoms with Crippen LogP contribution >= 0.6 is 11.6 Å². The highest BCUT2D eigenvalue weighted by Crippen LogP contribution is 2.28. The quantitative estimate of drug-likeness (QED) is 0.461. The van der Waals surface area contributed by atoms with Gasteiger partial charge in [-0.25, -0.2) is 0 Å². The van der Waals surface area contributed by atoms with Crippen LogP contribution in [-0.4, -0.2) is 48.1 Å². The van der Waals surface area contributed by atoms with E-state index in [-0.39, 0.29) is 42.5 Å². The molecule has 6 nitrogen and oxygen atoms in total. The topological polar surface area (TPSA) is 79.2 Å². The first-order valence-electron chi connectivity index (χ1n) is 7.03. The molecule has 0 radical (unpaired) electrons. The molecule has 1 rings (SSSR count). The number of rotatable bonds is 6. The van der Waals surface area contributed by atoms with E-state index in [1.54, 1.807) is 20.2 Å². The molecule has 0 aromatic heterocycles. The maximum Gasteiger partial charge on any atom is 0.226 e. The van der Waals surface area contributed by atoms with Crippen molar-refractivity contribution in [1.29, 1.82) is 0 Å². The Morgan fingerprint density at radius 3 is 2.68 bits per heavy atom. The second-order valence-electron chi connectivity index (χ2n) is 5.13. The van der Waals surface area contributed by atoms with Gasteiger partial charge < -0.3 is 14.8 Å². The predicted octanol–water partition coefficient (Wildman–Crippen LogP) is 2.40. The van der Waals surface area contributed by atoms with Crippen LogP contribution in [0.5, 0.6) is 0 Å². The van der Waals surface area contributed by atoms with E-state index in [4.69, 9.17) is 16.4 Å². The van der Waals surface area contributed by atoms with Gasteiger partial charge in [0.2, 0.25) is 5.91 Å². The van der Waals surface area contributed by atoms with Gasteiger partial charge in [-0.2, -0.15) is 0 Å². The summed E-state index contributed by atoms with van der Waals surface area (Å²) in [6, 6.07) is 0. The van der Waals surface area contributed by atoms with E-state index >= 15 is 0 Å². The molecule has 7 heteroatoms. The molecule has 0 saturated heterocycles. The van der Waals surface area contributed by atoms with Crippen LogP contribution in [0.4, 0.5) is 0 Å². The van der Waals surface area contributed by atoms with Gasteiger partial charge in [-0.3, -0.25) is 9.59 Å². The molecule has 22 heavy (non-hydrogen) atoms. The van der Waals surface area contributed by atoms with Crippen molar-refractivity contribution >= 4 is 29.0 Å². The first-order chi connectivity index (χ1) is 10.4. The lowest BCUT2D eigenvalue weighted by Crippen LogP contribution is -2.35. The number of Topliss-reactive ketones (excluding diaryl/α,β-unsaturated/α-hetero) is 1. The lowest BCUT2D eigenvalue weighted by Gasteiger charge is -2.25. The molecule has 0 saturated carbocycles. The number of hydrogen-bond acceptors (Lipinski definition) is 5. The molecule has 1 atom stereocenters. The Morgan fingerprint density at radius 1 is 1.50 bits per heavy atom. The van der Waals surface area contributed by atoms with E-state index < -0.39 is 5.92 Å². The third-order valence-electron chi connectivity index (χ3n) is 3.29. The smallest absolute Gasteiger partial charge is 0.226 e. The van der Waals surface area contributed by atoms with Crippen molar-refractivity contribution < 1.29 is 19.5 Å². The number of amides is 1. The lowest BCUT2D eigenvalue weighted by atomic mass is 9.84. The summed E-state index contributed by atoms with van der Waals surface area (Å²) in [6.07, 6.45) is 2.19. The van der Waals surface area contributed by atoms with Crippen LogP contribution in [0.1, 0.15) is 26.2 Å². The number of halogens is 1. The van der Waals surface area contributed by atoms with Crippen LogP contribution in [0.2, 0.25) is 0 Å². The molecule has 1 unspecified atom stereocenters. The van der Waals surface area contributed by atoms with Gasteiger partial charge in [-0.15, -0.1) is 0 Å². The van der Waals surface area contributed by atoms with Gasteiger partial charge in [-0.1, -0.05) is 23.7 Å². The number of ketones is 1. The summed E-state index contributed by atoms with van der Waals surface area (Å²) in [6.45, 7) is 1.99. The highest BCUT2D eigenvalue weighted by Gasteiger charge is 2.34. The monoisotopic (exact) mass is 328 g/mol. The van der Waals surface area contributed by atoms with E-state index in [0.717, 1.165) is 0 Å². The van der Waals surface area contributed by atoms with E-state index in [1.807, 2.05) is 6.92 Å². The Balaban J connectivity index is 2.95. The normalized spacial score (nSPS) is 19.7. The number of hydrogen-bond donors (Lipinski definition) is 1. The highest BCUT2D eigenvalue weighted by molar-refractivity contribution is 6.25. The number of allylic oxidation sites excluding steroid dienone is 2. The second kappa shape index (κ2) is 8.58. The molecule has 1 N–H and O–H groups in total. The second-order valence-corrected chi connectivity index (χ2v) is 5.38. The number of oxime groups is 1. The van der Waals surface area contributed by atoms with Crippen molar-refractivity contribution in [3.63, 3.8) is 0 Å². The van der Waals surface area contributed by atoms with Crippen molar-refractivity contribution in [2.45, 2.75) is 26.2 Å². The Bertz CT molecular complexity index is 524. The fourth-order valence-corrected chi connectivity index (χ4v) is 2.32. The standard InChI is InChI=1S/C15H21ClN2O4/c1-4-11(17-22-7-5-6-16)14-12(19)8-10(9-13(14)20)15(21)18(2)3/h5-6,10,19H,4,7-9H2,1-3H3. The van der Waals surface area contributed by atoms with E-state index in [0.29, 0.717) is 12.1 Å². The highest BCUT2D eigenvalue weighted by atomic mass is 35.5. The van der Waals surface area contributed by atoms with Gasteiger partial charge in [0.1, 0.15) is 12.4 Å². The maximum absolute atomic E-state index is 12.3. The minimum atomic E-state index is -0.524. The predicted molar refractivity (Wildman–Crippen MR) is 84.8 cm³/mol. The lowest BCUT2D eigenvalue weighted by molar-refractivity contribution is -0.135. The van der Waals surface area contributed by atoms with Crippen LogP contribution in [0.3, 0.4) is 0 Å². The van der Waals surface area contributed by atoms with Gasteiger partial charge in [0, 0.05) is 32.5 Å². The molecule has 1 amide bonds. The summed E-state index contributed by atoms with van der Waals surface area (Å²) >= 11 is 5.37. The molecule has 0 spiro atoms. The average Bonchev–Trinajstić information content (AvgIpc) is 2.47. The number of nitrogens with zero attached hydrogens (tertiary/aromatic N) is 2. The number of carbonyl (C=O) groups is 2. The molecule has 0 heterocycles. The molecule has 0 fully saturated rings. The van der Waals surface area contributed by atoms with Crippen molar-refractivity contribution in [1.82, 2.24) is 4.90 Å². The maximum atomic E-state index is 12.3. The summed E-state index contributed by atoms with van der Waals surface area (Å²) in [4.78, 5) is 30.7. The third kappa shape index (κ3) is 4.59. The van der Waals surface area contributed by atoms with Gasteiger partial charge in [0.05, 0.1) is 17.2 Å². The first kappa shape index (κ1) is 18.2. The molecule has 1 aliphatic rings. The van der Waals surface area contributed by atoms with E-state index in [9.17, 15) is 14.7 Å². The molecular weight excluding hydrogens is 308 g/mol. The Morgan fingerprint density at radius 2 is 2.18 bits per heavy atom. The number of carbonyl (C=O) groups excluding carboxylic acids is 2. The van der Waals surface area contributed by atoms with E-state index in [2.05, 4.69) is 5.16 Å². The summed E-state index contributed by atoms with van der Waals surface area (Å²) in [5.74, 6) is -1.09. The van der Waals surface area contributed by atoms with Crippen LogP contribution < -0.4 is 0 Å². The van der Waals surface area contributed by atoms with Crippen LogP contribution in [0, 0.1) is 5.92 Å². The van der Waals surface area contributed by atoms with Crippen LogP contribution in [0.15, 0.2) is 28.1 Å². The third-order valence-corrected chi connectivity index (χ3v) is 3.47. The van der Waals surface area contributed by atoms with Gasteiger partial charge in [0.15, 0.2) is 5.78 Å². The minimum absolute atomic E-state index is 0.0665. The first-order valence-corrected chi connectivity index (χ1v) is 7.46. The zero-order chi connectivity index (χ0) is 16.7. The van der Waals surface area contributed by atoms with Crippen molar-refractivity contribution in [2.75, 3.05) is 20.7 Å². The summed E-state index contributed by atoms with van der Waals surface area (Å²) in [5.41, 5.74) is 1.85. The van der Waals surface area contributed by atoms with Crippen molar-refractivity contribution in [3.8, 4) is 0 Å². The molecule has 0 aromatic rings. The molecular formula is C15H21ClN2O4. The minimum Gasteiger partial charge on any atom is -0.511 e. The summed E-state index contributed by atoms with van der Waals surface area (Å²) < 4.78 is 0. The molecule has 1 aliphatic carbocycles. The van der Waals surface area contributed by atoms with Gasteiger partial charge >= 0.3 is 0 Å². The number of aliphatic hydroxyl groups is 1. The number of aliphatic hydroxyl groups excluding tert-OH is 1. The zero-order valence-electron chi connectivity index (χ0n) is 13.0. The molecule has 0 aromatic carbocycles. The Labute approximate surface area is 135 Å². The summed E-state index contributed by atoms with van der Waals surface area (Å²) in [7, 11) is 3.25. The molecule has 0 aliphatic heterocycles. The largest absolute Gasteiger partial charge is 0.511 e. The molecule has 0 bridgehead atoms. The van der Waals surface area contributed by atoms with Gasteiger partial charge in [0.25, 0.3) is 0 Å². The fraction of sp³-hybridized carbons (Fsp3) is 0.533.